The standard InChI is InChI=1S/C19H19F2N3O2/c1-12(25)22-11-14-4-2-5-17(23-14)18-6-3-9-24(18)19(26)15-10-13(20)7-8-16(15)21/h2,4-5,7-8,10,18H,3,6,9,11H2,1H3,(H,22,25)/t18-/m0/s1. The molecule has 0 unspecified atom stereocenters. The summed E-state index contributed by atoms with van der Waals surface area (Å²) in [5.41, 5.74) is 1.08. The largest absolute Gasteiger partial charge is 0.351 e. The van der Waals surface area contributed by atoms with Gasteiger partial charge in [0.15, 0.2) is 0 Å². The van der Waals surface area contributed by atoms with Crippen LogP contribution in [0.3, 0.4) is 0 Å². The van der Waals surface area contributed by atoms with Gasteiger partial charge >= 0.3 is 0 Å². The molecule has 2 aromatic rings. The summed E-state index contributed by atoms with van der Waals surface area (Å²) in [5, 5.41) is 2.68. The van der Waals surface area contributed by atoms with E-state index in [1.807, 2.05) is 6.07 Å². The van der Waals surface area contributed by atoms with E-state index in [1.54, 1.807) is 12.1 Å². The van der Waals surface area contributed by atoms with Gasteiger partial charge in [0, 0.05) is 13.5 Å². The first-order valence-corrected chi connectivity index (χ1v) is 8.42. The minimum absolute atomic E-state index is 0.156. The number of likely N-dealkylation sites (tertiary alicyclic amines) is 1. The van der Waals surface area contributed by atoms with Crippen molar-refractivity contribution < 1.29 is 18.4 Å². The highest BCUT2D eigenvalue weighted by Crippen LogP contribution is 2.32. The number of carbonyl (C=O) groups is 2. The summed E-state index contributed by atoms with van der Waals surface area (Å²) in [7, 11) is 0. The molecule has 2 heterocycles. The lowest BCUT2D eigenvalue weighted by atomic mass is 10.1. The molecule has 26 heavy (non-hydrogen) atoms. The topological polar surface area (TPSA) is 62.3 Å². The number of nitrogens with zero attached hydrogens (tertiary/aromatic N) is 2. The van der Waals surface area contributed by atoms with E-state index in [0.717, 1.165) is 24.6 Å². The van der Waals surface area contributed by atoms with Crippen LogP contribution in [0.25, 0.3) is 0 Å². The fraction of sp³-hybridized carbons (Fsp3) is 0.316. The maximum absolute atomic E-state index is 14.0. The molecule has 0 bridgehead atoms. The molecule has 2 amide bonds. The van der Waals surface area contributed by atoms with Crippen molar-refractivity contribution in [2.75, 3.05) is 6.54 Å². The summed E-state index contributed by atoms with van der Waals surface area (Å²) >= 11 is 0. The van der Waals surface area contributed by atoms with Gasteiger partial charge < -0.3 is 10.2 Å². The molecule has 7 heteroatoms. The van der Waals surface area contributed by atoms with Gasteiger partial charge in [0.2, 0.25) is 5.91 Å². The van der Waals surface area contributed by atoms with Crippen LogP contribution >= 0.6 is 0 Å². The zero-order chi connectivity index (χ0) is 18.7. The summed E-state index contributed by atoms with van der Waals surface area (Å²) in [5.74, 6) is -2.09. The molecule has 0 aliphatic carbocycles. The van der Waals surface area contributed by atoms with Crippen molar-refractivity contribution in [3.05, 3.63) is 65.0 Å². The third kappa shape index (κ3) is 3.87. The summed E-state index contributed by atoms with van der Waals surface area (Å²) in [6.07, 6.45) is 1.45. The van der Waals surface area contributed by atoms with Crippen molar-refractivity contribution in [3.8, 4) is 0 Å². The Morgan fingerprint density at radius 2 is 2.08 bits per heavy atom. The number of carbonyl (C=O) groups excluding carboxylic acids is 2. The molecule has 1 saturated heterocycles. The number of hydrogen-bond donors (Lipinski definition) is 1. The van der Waals surface area contributed by atoms with E-state index in [9.17, 15) is 18.4 Å². The van der Waals surface area contributed by atoms with Crippen LogP contribution in [0.15, 0.2) is 36.4 Å². The smallest absolute Gasteiger partial charge is 0.257 e. The van der Waals surface area contributed by atoms with Crippen molar-refractivity contribution in [1.82, 2.24) is 15.2 Å². The van der Waals surface area contributed by atoms with Crippen LogP contribution in [0.2, 0.25) is 0 Å². The Hall–Kier alpha value is -2.83. The van der Waals surface area contributed by atoms with Crippen molar-refractivity contribution in [2.45, 2.75) is 32.4 Å². The second kappa shape index (κ2) is 7.59. The van der Waals surface area contributed by atoms with Crippen LogP contribution in [0, 0.1) is 11.6 Å². The van der Waals surface area contributed by atoms with E-state index in [1.165, 1.54) is 11.8 Å². The zero-order valence-electron chi connectivity index (χ0n) is 14.3. The maximum Gasteiger partial charge on any atom is 0.257 e. The number of rotatable bonds is 4. The molecule has 5 nitrogen and oxygen atoms in total. The Labute approximate surface area is 150 Å². The molecule has 1 aromatic carbocycles. The Morgan fingerprint density at radius 3 is 2.85 bits per heavy atom. The highest BCUT2D eigenvalue weighted by molar-refractivity contribution is 5.95. The third-order valence-electron chi connectivity index (χ3n) is 4.36. The van der Waals surface area contributed by atoms with E-state index >= 15 is 0 Å². The monoisotopic (exact) mass is 359 g/mol. The highest BCUT2D eigenvalue weighted by atomic mass is 19.1. The van der Waals surface area contributed by atoms with E-state index in [-0.39, 0.29) is 17.5 Å². The lowest BCUT2D eigenvalue weighted by molar-refractivity contribution is -0.119. The summed E-state index contributed by atoms with van der Waals surface area (Å²) in [6, 6.07) is 7.96. The van der Waals surface area contributed by atoms with Gasteiger partial charge in [-0.3, -0.25) is 14.6 Å². The quantitative estimate of drug-likeness (QED) is 0.913. The number of nitrogens with one attached hydrogen (secondary N) is 1. The van der Waals surface area contributed by atoms with Crippen LogP contribution in [-0.2, 0) is 11.3 Å². The molecule has 1 aliphatic heterocycles. The molecular weight excluding hydrogens is 340 g/mol. The fourth-order valence-corrected chi connectivity index (χ4v) is 3.13. The Bertz CT molecular complexity index is 841. The first kappa shape index (κ1) is 18.0. The summed E-state index contributed by atoms with van der Waals surface area (Å²) in [6.45, 7) is 2.17. The minimum Gasteiger partial charge on any atom is -0.351 e. The van der Waals surface area contributed by atoms with Crippen molar-refractivity contribution in [2.24, 2.45) is 0 Å². The summed E-state index contributed by atoms with van der Waals surface area (Å²) in [4.78, 5) is 29.8. The molecule has 136 valence electrons. The van der Waals surface area contributed by atoms with Crippen LogP contribution in [0.5, 0.6) is 0 Å². The number of pyridine rings is 1. The van der Waals surface area contributed by atoms with Gasteiger partial charge in [-0.1, -0.05) is 6.07 Å². The lowest BCUT2D eigenvalue weighted by Crippen LogP contribution is -2.32. The van der Waals surface area contributed by atoms with E-state index in [4.69, 9.17) is 0 Å². The number of benzene rings is 1. The molecule has 0 saturated carbocycles. The van der Waals surface area contributed by atoms with Gasteiger partial charge in [0.25, 0.3) is 5.91 Å². The number of aromatic nitrogens is 1. The van der Waals surface area contributed by atoms with Gasteiger partial charge in [-0.05, 0) is 43.2 Å². The lowest BCUT2D eigenvalue weighted by Gasteiger charge is -2.25. The van der Waals surface area contributed by atoms with Crippen LogP contribution in [-0.4, -0.2) is 28.2 Å². The number of amides is 2. The van der Waals surface area contributed by atoms with Crippen LogP contribution in [0.4, 0.5) is 8.78 Å². The van der Waals surface area contributed by atoms with Gasteiger partial charge in [0.1, 0.15) is 11.6 Å². The first-order valence-electron chi connectivity index (χ1n) is 8.42. The molecule has 1 atom stereocenters. The molecule has 1 aliphatic rings. The normalized spacial score (nSPS) is 16.6. The van der Waals surface area contributed by atoms with E-state index in [0.29, 0.717) is 30.9 Å². The molecule has 1 N–H and O–H groups in total. The van der Waals surface area contributed by atoms with Crippen LogP contribution < -0.4 is 5.32 Å². The second-order valence-corrected chi connectivity index (χ2v) is 6.24. The van der Waals surface area contributed by atoms with E-state index in [2.05, 4.69) is 10.3 Å². The van der Waals surface area contributed by atoms with E-state index < -0.39 is 17.5 Å². The minimum atomic E-state index is -0.741. The molecule has 1 fully saturated rings. The Morgan fingerprint density at radius 1 is 1.27 bits per heavy atom. The molecule has 1 aromatic heterocycles. The molecular formula is C19H19F2N3O2. The predicted molar refractivity (Wildman–Crippen MR) is 91.1 cm³/mol. The SMILES string of the molecule is CC(=O)NCc1cccc([C@@H]2CCCN2C(=O)c2cc(F)ccc2F)n1. The van der Waals surface area contributed by atoms with Gasteiger partial charge in [-0.25, -0.2) is 8.78 Å². The predicted octanol–water partition coefficient (Wildman–Crippen LogP) is 2.97. The number of hydrogen-bond acceptors (Lipinski definition) is 3. The Balaban J connectivity index is 1.84. The van der Waals surface area contributed by atoms with Crippen molar-refractivity contribution >= 4 is 11.8 Å². The fourth-order valence-electron chi connectivity index (χ4n) is 3.13. The van der Waals surface area contributed by atoms with Crippen molar-refractivity contribution in [1.29, 1.82) is 0 Å². The average Bonchev–Trinajstić information content (AvgIpc) is 3.11. The maximum atomic E-state index is 14.0. The molecule has 0 spiro atoms. The molecule has 0 radical (unpaired) electrons. The molecule has 3 rings (SSSR count). The second-order valence-electron chi connectivity index (χ2n) is 6.24. The van der Waals surface area contributed by atoms with Crippen molar-refractivity contribution in [3.63, 3.8) is 0 Å². The number of halogens is 2. The zero-order valence-corrected chi connectivity index (χ0v) is 14.3. The third-order valence-corrected chi connectivity index (χ3v) is 4.36. The average molecular weight is 359 g/mol. The van der Waals surface area contributed by atoms with Gasteiger partial charge in [0.05, 0.1) is 29.5 Å². The first-order chi connectivity index (χ1) is 12.5. The van der Waals surface area contributed by atoms with Gasteiger partial charge in [-0.2, -0.15) is 0 Å². The van der Waals surface area contributed by atoms with Gasteiger partial charge in [-0.15, -0.1) is 0 Å². The van der Waals surface area contributed by atoms with Crippen LogP contribution in [0.1, 0.15) is 47.6 Å². The summed E-state index contributed by atoms with van der Waals surface area (Å²) < 4.78 is 27.4. The highest BCUT2D eigenvalue weighted by Gasteiger charge is 2.32. The Kier molecular flexibility index (Phi) is 5.25.